The van der Waals surface area contributed by atoms with Gasteiger partial charge in [0.25, 0.3) is 0 Å². The summed E-state index contributed by atoms with van der Waals surface area (Å²) in [7, 11) is 0. The van der Waals surface area contributed by atoms with Gasteiger partial charge in [-0.15, -0.1) is 0 Å². The molecule has 4 saturated carbocycles. The number of fused-ring (bicyclic) bond motifs is 7. The van der Waals surface area contributed by atoms with Crippen LogP contribution in [0.15, 0.2) is 46.7 Å². The average Bonchev–Trinajstić information content (AvgIpc) is 3.74. The highest BCUT2D eigenvalue weighted by Gasteiger charge is 2.67. The molecule has 0 aromatic heterocycles. The van der Waals surface area contributed by atoms with Crippen molar-refractivity contribution in [1.82, 2.24) is 5.32 Å². The monoisotopic (exact) mass is 554 g/mol. The molecular weight excluding hydrogens is 500 g/mol. The van der Waals surface area contributed by atoms with Gasteiger partial charge in [-0.2, -0.15) is 5.26 Å². The quantitative estimate of drug-likeness (QED) is 0.377. The Morgan fingerprint density at radius 1 is 1.10 bits per heavy atom. The van der Waals surface area contributed by atoms with Crippen LogP contribution >= 0.6 is 0 Å². The van der Waals surface area contributed by atoms with E-state index in [4.69, 9.17) is 0 Å². The smallest absolute Gasteiger partial charge is 0.159 e. The topological polar surface area (TPSA) is 52.9 Å². The summed E-state index contributed by atoms with van der Waals surface area (Å²) in [5, 5.41) is 14.1. The average molecular weight is 555 g/mol. The SMILES string of the molecule is C=C1C(C#N)=CC2(C)C3=CC(=O)C4C5CC(C)(C)CCC5(C(NC(C)C)=C5CC5)CCC4(CC)C3CCC2C1(C)C. The molecule has 7 unspecified atom stereocenters. The Balaban J connectivity index is 1.51. The van der Waals surface area contributed by atoms with E-state index in [2.05, 4.69) is 85.5 Å². The van der Waals surface area contributed by atoms with E-state index in [1.54, 1.807) is 11.3 Å². The zero-order valence-electron chi connectivity index (χ0n) is 27.2. The van der Waals surface area contributed by atoms with Gasteiger partial charge in [-0.05, 0) is 124 Å². The second-order valence-corrected chi connectivity index (χ2v) is 16.8. The summed E-state index contributed by atoms with van der Waals surface area (Å²) in [5.74, 6) is 1.64. The van der Waals surface area contributed by atoms with E-state index in [-0.39, 0.29) is 33.0 Å². The minimum atomic E-state index is -0.276. The molecule has 0 amide bonds. The highest BCUT2D eigenvalue weighted by molar-refractivity contribution is 5.95. The van der Waals surface area contributed by atoms with Gasteiger partial charge in [-0.3, -0.25) is 4.79 Å². The van der Waals surface area contributed by atoms with E-state index in [1.807, 2.05) is 0 Å². The number of hydrogen-bond acceptors (Lipinski definition) is 3. The summed E-state index contributed by atoms with van der Waals surface area (Å²) >= 11 is 0. The lowest BCUT2D eigenvalue weighted by Crippen LogP contribution is -2.62. The van der Waals surface area contributed by atoms with E-state index in [0.29, 0.717) is 29.6 Å². The van der Waals surface area contributed by atoms with Crippen LogP contribution in [-0.4, -0.2) is 11.8 Å². The van der Waals surface area contributed by atoms with Gasteiger partial charge < -0.3 is 5.32 Å². The van der Waals surface area contributed by atoms with Crippen molar-refractivity contribution in [3.8, 4) is 6.07 Å². The Bertz CT molecular complexity index is 1310. The highest BCUT2D eigenvalue weighted by Crippen LogP contribution is 2.73. The molecule has 6 rings (SSSR count). The first-order chi connectivity index (χ1) is 19.2. The van der Waals surface area contributed by atoms with E-state index in [0.717, 1.165) is 43.3 Å². The number of allylic oxidation sites excluding steroid dienone is 7. The molecule has 6 aliphatic rings. The molecular formula is C38H54N2O. The summed E-state index contributed by atoms with van der Waals surface area (Å²) in [6.45, 7) is 23.1. The molecule has 0 saturated heterocycles. The van der Waals surface area contributed by atoms with Gasteiger partial charge in [0.1, 0.15) is 0 Å². The Hall–Kier alpha value is -2.08. The van der Waals surface area contributed by atoms with Crippen LogP contribution in [0.4, 0.5) is 0 Å². The lowest BCUT2D eigenvalue weighted by atomic mass is 9.37. The van der Waals surface area contributed by atoms with Crippen molar-refractivity contribution in [2.24, 2.45) is 50.7 Å². The van der Waals surface area contributed by atoms with Crippen LogP contribution in [0.2, 0.25) is 0 Å². The predicted molar refractivity (Wildman–Crippen MR) is 168 cm³/mol. The Morgan fingerprint density at radius 2 is 1.78 bits per heavy atom. The first kappa shape index (κ1) is 29.0. The third-order valence-electron chi connectivity index (χ3n) is 13.5. The molecule has 3 nitrogen and oxygen atoms in total. The van der Waals surface area contributed by atoms with Gasteiger partial charge in [0.05, 0.1) is 11.6 Å². The third kappa shape index (κ3) is 3.98. The van der Waals surface area contributed by atoms with Crippen LogP contribution in [0.1, 0.15) is 120 Å². The van der Waals surface area contributed by atoms with Crippen LogP contribution in [0.25, 0.3) is 0 Å². The van der Waals surface area contributed by atoms with Gasteiger partial charge in [0.15, 0.2) is 5.78 Å². The van der Waals surface area contributed by atoms with Gasteiger partial charge in [0.2, 0.25) is 0 Å². The third-order valence-corrected chi connectivity index (χ3v) is 13.5. The summed E-state index contributed by atoms with van der Waals surface area (Å²) in [5.41, 5.74) is 6.16. The lowest BCUT2D eigenvalue weighted by Gasteiger charge is -2.67. The number of nitrogens with zero attached hydrogens (tertiary/aromatic N) is 1. The molecule has 6 aliphatic carbocycles. The van der Waals surface area contributed by atoms with Gasteiger partial charge in [-0.25, -0.2) is 0 Å². The van der Waals surface area contributed by atoms with Gasteiger partial charge in [-0.1, -0.05) is 65.3 Å². The molecule has 222 valence electrons. The Morgan fingerprint density at radius 3 is 2.39 bits per heavy atom. The van der Waals surface area contributed by atoms with E-state index < -0.39 is 0 Å². The minimum absolute atomic E-state index is 0.00708. The molecule has 0 aliphatic heterocycles. The fourth-order valence-corrected chi connectivity index (χ4v) is 11.3. The molecule has 0 spiro atoms. The second-order valence-electron chi connectivity index (χ2n) is 16.8. The van der Waals surface area contributed by atoms with Crippen LogP contribution in [-0.2, 0) is 4.79 Å². The zero-order valence-corrected chi connectivity index (χ0v) is 27.2. The summed E-state index contributed by atoms with van der Waals surface area (Å²) < 4.78 is 0. The largest absolute Gasteiger partial charge is 0.386 e. The first-order valence-corrected chi connectivity index (χ1v) is 16.7. The molecule has 1 N–H and O–H groups in total. The molecule has 0 aromatic carbocycles. The maximum absolute atomic E-state index is 14.9. The first-order valence-electron chi connectivity index (χ1n) is 16.7. The Labute approximate surface area is 250 Å². The van der Waals surface area contributed by atoms with Gasteiger partial charge in [0, 0.05) is 28.5 Å². The fourth-order valence-electron chi connectivity index (χ4n) is 11.3. The molecule has 0 aromatic rings. The zero-order chi connectivity index (χ0) is 29.8. The normalized spacial score (nSPS) is 42.1. The standard InChI is InChI=1S/C38H54N2O/c1-10-37-17-18-38(33(25-11-12-25)40-23(2)3)16-15-34(5,6)21-29(38)32(37)30(41)19-28-27(37)13-14-31-35(7,8)24(4)26(22-39)20-36(28,31)9/h19-20,23,27,29,31-32,40H,4,10-18,21H2,1-3,5-9H3. The maximum atomic E-state index is 14.9. The molecule has 7 atom stereocenters. The van der Waals surface area contributed by atoms with Crippen LogP contribution in [0.5, 0.6) is 0 Å². The van der Waals surface area contributed by atoms with Crippen LogP contribution in [0.3, 0.4) is 0 Å². The molecule has 4 fully saturated rings. The van der Waals surface area contributed by atoms with Gasteiger partial charge >= 0.3 is 0 Å². The van der Waals surface area contributed by atoms with Crippen molar-refractivity contribution in [1.29, 1.82) is 5.26 Å². The van der Waals surface area contributed by atoms with Crippen molar-refractivity contribution in [3.63, 3.8) is 0 Å². The van der Waals surface area contributed by atoms with Crippen molar-refractivity contribution >= 4 is 5.78 Å². The predicted octanol–water partition coefficient (Wildman–Crippen LogP) is 9.24. The number of hydrogen-bond donors (Lipinski definition) is 1. The number of ketones is 1. The van der Waals surface area contributed by atoms with Crippen molar-refractivity contribution in [2.75, 3.05) is 0 Å². The van der Waals surface area contributed by atoms with Crippen molar-refractivity contribution in [3.05, 3.63) is 46.7 Å². The number of nitrogens with one attached hydrogen (secondary N) is 1. The van der Waals surface area contributed by atoms with E-state index >= 15 is 0 Å². The number of nitriles is 1. The lowest BCUT2D eigenvalue weighted by molar-refractivity contribution is -0.155. The highest BCUT2D eigenvalue weighted by atomic mass is 16.1. The maximum Gasteiger partial charge on any atom is 0.159 e. The summed E-state index contributed by atoms with van der Waals surface area (Å²) in [6.07, 6.45) is 16.1. The molecule has 0 radical (unpaired) electrons. The van der Waals surface area contributed by atoms with Crippen LogP contribution < -0.4 is 5.32 Å². The second kappa shape index (κ2) is 9.21. The van der Waals surface area contributed by atoms with Crippen molar-refractivity contribution < 1.29 is 4.79 Å². The molecule has 3 heteroatoms. The summed E-state index contributed by atoms with van der Waals surface area (Å²) in [6, 6.07) is 2.90. The van der Waals surface area contributed by atoms with Crippen LogP contribution in [0, 0.1) is 62.1 Å². The molecule has 0 heterocycles. The Kier molecular flexibility index (Phi) is 6.52. The number of carbonyl (C=O) groups is 1. The minimum Gasteiger partial charge on any atom is -0.386 e. The fraction of sp³-hybridized carbons (Fsp3) is 0.737. The number of carbonyl (C=O) groups excluding carboxylic acids is 1. The number of rotatable bonds is 4. The van der Waals surface area contributed by atoms with Crippen molar-refractivity contribution in [2.45, 2.75) is 126 Å². The van der Waals surface area contributed by atoms with E-state index in [9.17, 15) is 10.1 Å². The summed E-state index contributed by atoms with van der Waals surface area (Å²) in [4.78, 5) is 14.9. The molecule has 41 heavy (non-hydrogen) atoms. The van der Waals surface area contributed by atoms with E-state index in [1.165, 1.54) is 37.7 Å². The molecule has 0 bridgehead atoms.